The number of benzene rings is 1. The number of carbonyl (C=O) groups excluding carboxylic acids is 3. The zero-order valence-corrected chi connectivity index (χ0v) is 14.8. The standard InChI is InChI=1S/C18H24N2O5/c1-18(2,3)25-17(23)19-14-8-6-13(7-9-14)16(22)24-12-15(21)20-10-4-5-11-20/h6-9H,4-5,10-12H2,1-3H3,(H,19,23). The van der Waals surface area contributed by atoms with E-state index in [1.807, 2.05) is 0 Å². The van der Waals surface area contributed by atoms with Gasteiger partial charge in [0.15, 0.2) is 6.61 Å². The Labute approximate surface area is 147 Å². The highest BCUT2D eigenvalue weighted by Crippen LogP contribution is 2.14. The molecule has 0 aliphatic carbocycles. The average Bonchev–Trinajstić information content (AvgIpc) is 3.05. The van der Waals surface area contributed by atoms with Crippen molar-refractivity contribution in [2.24, 2.45) is 0 Å². The van der Waals surface area contributed by atoms with Crippen LogP contribution in [0.3, 0.4) is 0 Å². The van der Waals surface area contributed by atoms with E-state index in [-0.39, 0.29) is 12.5 Å². The average molecular weight is 348 g/mol. The molecule has 136 valence electrons. The number of carbonyl (C=O) groups is 3. The molecule has 1 heterocycles. The maximum Gasteiger partial charge on any atom is 0.412 e. The predicted molar refractivity (Wildman–Crippen MR) is 92.4 cm³/mol. The van der Waals surface area contributed by atoms with Gasteiger partial charge in [-0.05, 0) is 57.9 Å². The van der Waals surface area contributed by atoms with Crippen LogP contribution in [0.25, 0.3) is 0 Å². The molecule has 25 heavy (non-hydrogen) atoms. The van der Waals surface area contributed by atoms with Gasteiger partial charge in [0, 0.05) is 18.8 Å². The molecule has 2 rings (SSSR count). The largest absolute Gasteiger partial charge is 0.452 e. The number of hydrogen-bond acceptors (Lipinski definition) is 5. The van der Waals surface area contributed by atoms with Crippen molar-refractivity contribution in [1.29, 1.82) is 0 Å². The van der Waals surface area contributed by atoms with Crippen molar-refractivity contribution < 1.29 is 23.9 Å². The number of rotatable bonds is 4. The quantitative estimate of drug-likeness (QED) is 0.846. The van der Waals surface area contributed by atoms with E-state index in [1.165, 1.54) is 12.1 Å². The second kappa shape index (κ2) is 8.00. The molecule has 1 aliphatic rings. The second-order valence-corrected chi connectivity index (χ2v) is 6.87. The van der Waals surface area contributed by atoms with E-state index in [0.717, 1.165) is 25.9 Å². The lowest BCUT2D eigenvalue weighted by Crippen LogP contribution is -2.32. The first kappa shape index (κ1) is 18.8. The van der Waals surface area contributed by atoms with Crippen LogP contribution in [0, 0.1) is 0 Å². The highest BCUT2D eigenvalue weighted by molar-refractivity contribution is 5.92. The number of anilines is 1. The van der Waals surface area contributed by atoms with Crippen LogP contribution in [0.15, 0.2) is 24.3 Å². The number of ether oxygens (including phenoxy) is 2. The molecule has 0 aromatic heterocycles. The zero-order valence-electron chi connectivity index (χ0n) is 14.8. The van der Waals surface area contributed by atoms with E-state index in [0.29, 0.717) is 11.3 Å². The lowest BCUT2D eigenvalue weighted by Gasteiger charge is -2.19. The Kier molecular flexibility index (Phi) is 6.01. The molecule has 0 bridgehead atoms. The molecule has 2 amide bonds. The maximum absolute atomic E-state index is 12.0. The minimum atomic E-state index is -0.588. The van der Waals surface area contributed by atoms with Crippen LogP contribution in [0.2, 0.25) is 0 Å². The van der Waals surface area contributed by atoms with Crippen LogP contribution in [0.1, 0.15) is 44.0 Å². The SMILES string of the molecule is CC(C)(C)OC(=O)Nc1ccc(C(=O)OCC(=O)N2CCCC2)cc1. The van der Waals surface area contributed by atoms with Gasteiger partial charge in [-0.25, -0.2) is 9.59 Å². The summed E-state index contributed by atoms with van der Waals surface area (Å²) in [7, 11) is 0. The highest BCUT2D eigenvalue weighted by atomic mass is 16.6. The lowest BCUT2D eigenvalue weighted by atomic mass is 10.2. The fourth-order valence-corrected chi connectivity index (χ4v) is 2.38. The molecule has 7 nitrogen and oxygen atoms in total. The first-order valence-electron chi connectivity index (χ1n) is 8.29. The fourth-order valence-electron chi connectivity index (χ4n) is 2.38. The van der Waals surface area contributed by atoms with Gasteiger partial charge in [-0.15, -0.1) is 0 Å². The summed E-state index contributed by atoms with van der Waals surface area (Å²) in [6, 6.07) is 6.19. The summed E-state index contributed by atoms with van der Waals surface area (Å²) < 4.78 is 10.2. The van der Waals surface area contributed by atoms with Gasteiger partial charge >= 0.3 is 12.1 Å². The van der Waals surface area contributed by atoms with E-state index in [1.54, 1.807) is 37.8 Å². The Bertz CT molecular complexity index is 628. The molecule has 1 saturated heterocycles. The van der Waals surface area contributed by atoms with Gasteiger partial charge in [-0.3, -0.25) is 10.1 Å². The lowest BCUT2D eigenvalue weighted by molar-refractivity contribution is -0.133. The zero-order chi connectivity index (χ0) is 18.4. The van der Waals surface area contributed by atoms with Crippen LogP contribution in [-0.4, -0.2) is 48.2 Å². The molecule has 0 spiro atoms. The van der Waals surface area contributed by atoms with E-state index in [9.17, 15) is 14.4 Å². The number of nitrogens with zero attached hydrogens (tertiary/aromatic N) is 1. The number of amides is 2. The first-order chi connectivity index (χ1) is 11.7. The van der Waals surface area contributed by atoms with Gasteiger partial charge in [-0.1, -0.05) is 0 Å². The van der Waals surface area contributed by atoms with Crippen molar-refractivity contribution in [3.05, 3.63) is 29.8 Å². The van der Waals surface area contributed by atoms with Crippen molar-refractivity contribution in [2.45, 2.75) is 39.2 Å². The topological polar surface area (TPSA) is 84.9 Å². The van der Waals surface area contributed by atoms with E-state index >= 15 is 0 Å². The third-order valence-electron chi connectivity index (χ3n) is 3.55. The number of likely N-dealkylation sites (tertiary alicyclic amines) is 1. The van der Waals surface area contributed by atoms with Crippen molar-refractivity contribution >= 4 is 23.7 Å². The third kappa shape index (κ3) is 6.10. The molecular weight excluding hydrogens is 324 g/mol. The van der Waals surface area contributed by atoms with Crippen LogP contribution >= 0.6 is 0 Å². The molecule has 0 radical (unpaired) electrons. The van der Waals surface area contributed by atoms with Crippen LogP contribution in [0.4, 0.5) is 10.5 Å². The smallest absolute Gasteiger partial charge is 0.412 e. The Morgan fingerprint density at radius 2 is 1.68 bits per heavy atom. The third-order valence-corrected chi connectivity index (χ3v) is 3.55. The Hall–Kier alpha value is -2.57. The second-order valence-electron chi connectivity index (χ2n) is 6.87. The monoisotopic (exact) mass is 348 g/mol. The van der Waals surface area contributed by atoms with Gasteiger partial charge in [0.25, 0.3) is 5.91 Å². The van der Waals surface area contributed by atoms with Gasteiger partial charge in [0.1, 0.15) is 5.60 Å². The molecule has 0 unspecified atom stereocenters. The first-order valence-corrected chi connectivity index (χ1v) is 8.29. The number of hydrogen-bond donors (Lipinski definition) is 1. The summed E-state index contributed by atoms with van der Waals surface area (Å²) in [5, 5.41) is 2.58. The summed E-state index contributed by atoms with van der Waals surface area (Å²) in [4.78, 5) is 37.2. The Morgan fingerprint density at radius 3 is 2.24 bits per heavy atom. The summed E-state index contributed by atoms with van der Waals surface area (Å²) in [6.45, 7) is 6.51. The van der Waals surface area contributed by atoms with Gasteiger partial charge in [0.05, 0.1) is 5.56 Å². The van der Waals surface area contributed by atoms with E-state index in [4.69, 9.17) is 9.47 Å². The maximum atomic E-state index is 12.0. The summed E-state index contributed by atoms with van der Waals surface area (Å²) in [5.74, 6) is -0.745. The van der Waals surface area contributed by atoms with E-state index < -0.39 is 17.7 Å². The Morgan fingerprint density at radius 1 is 1.08 bits per heavy atom. The molecular formula is C18H24N2O5. The summed E-state index contributed by atoms with van der Waals surface area (Å²) in [5.41, 5.74) is 0.221. The molecule has 1 fully saturated rings. The van der Waals surface area contributed by atoms with Crippen LogP contribution < -0.4 is 5.32 Å². The molecule has 1 aromatic carbocycles. The van der Waals surface area contributed by atoms with Crippen molar-refractivity contribution in [2.75, 3.05) is 25.0 Å². The minimum absolute atomic E-state index is 0.172. The van der Waals surface area contributed by atoms with E-state index in [2.05, 4.69) is 5.32 Å². The van der Waals surface area contributed by atoms with Gasteiger partial charge in [0.2, 0.25) is 0 Å². The Balaban J connectivity index is 1.83. The number of nitrogens with one attached hydrogen (secondary N) is 1. The van der Waals surface area contributed by atoms with Crippen LogP contribution in [-0.2, 0) is 14.3 Å². The normalized spacial score (nSPS) is 14.1. The fraction of sp³-hybridized carbons (Fsp3) is 0.500. The van der Waals surface area contributed by atoms with Crippen molar-refractivity contribution in [3.8, 4) is 0 Å². The molecule has 1 N–H and O–H groups in total. The predicted octanol–water partition coefficient (Wildman–Crippen LogP) is 2.81. The summed E-state index contributed by atoms with van der Waals surface area (Å²) >= 11 is 0. The molecule has 7 heteroatoms. The van der Waals surface area contributed by atoms with Crippen molar-refractivity contribution in [3.63, 3.8) is 0 Å². The van der Waals surface area contributed by atoms with Crippen molar-refractivity contribution in [1.82, 2.24) is 4.90 Å². The molecule has 1 aliphatic heterocycles. The van der Waals surface area contributed by atoms with Gasteiger partial charge < -0.3 is 14.4 Å². The minimum Gasteiger partial charge on any atom is -0.452 e. The molecule has 0 atom stereocenters. The number of esters is 1. The van der Waals surface area contributed by atoms with Crippen LogP contribution in [0.5, 0.6) is 0 Å². The highest BCUT2D eigenvalue weighted by Gasteiger charge is 2.20. The molecule has 0 saturated carbocycles. The van der Waals surface area contributed by atoms with Gasteiger partial charge in [-0.2, -0.15) is 0 Å². The molecule has 1 aromatic rings. The summed E-state index contributed by atoms with van der Waals surface area (Å²) in [6.07, 6.45) is 1.41.